The molecular formula is C17H17F3N4O3S2. The third kappa shape index (κ3) is 5.84. The van der Waals surface area contributed by atoms with Crippen molar-refractivity contribution in [1.82, 2.24) is 15.8 Å². The molecule has 0 atom stereocenters. The van der Waals surface area contributed by atoms with Gasteiger partial charge in [0, 0.05) is 23.5 Å². The van der Waals surface area contributed by atoms with Crippen molar-refractivity contribution < 1.29 is 27.5 Å². The van der Waals surface area contributed by atoms with Gasteiger partial charge in [-0.25, -0.2) is 4.98 Å². The Morgan fingerprint density at radius 3 is 2.38 bits per heavy atom. The average Bonchev–Trinajstić information content (AvgIpc) is 3.08. The summed E-state index contributed by atoms with van der Waals surface area (Å²) in [6.45, 7) is 4.27. The van der Waals surface area contributed by atoms with Crippen LogP contribution in [-0.2, 0) is 4.74 Å². The maximum atomic E-state index is 12.4. The van der Waals surface area contributed by atoms with Crippen molar-refractivity contribution in [1.29, 1.82) is 0 Å². The summed E-state index contributed by atoms with van der Waals surface area (Å²) >= 11 is 0.949. The molecule has 2 amide bonds. The Bertz CT molecular complexity index is 881. The number of carbonyl (C=O) groups is 2. The van der Waals surface area contributed by atoms with Gasteiger partial charge in [-0.3, -0.25) is 20.4 Å². The number of carbonyl (C=O) groups excluding carboxylic acids is 2. The molecule has 0 unspecified atom stereocenters. The lowest BCUT2D eigenvalue weighted by Crippen LogP contribution is -2.41. The predicted octanol–water partition coefficient (Wildman–Crippen LogP) is 2.97. The zero-order valence-electron chi connectivity index (χ0n) is 15.2. The smallest absolute Gasteiger partial charge is 0.378 e. The first-order valence-electron chi connectivity index (χ1n) is 8.49. The van der Waals surface area contributed by atoms with Gasteiger partial charge in [0.25, 0.3) is 11.8 Å². The lowest BCUT2D eigenvalue weighted by Gasteiger charge is -2.25. The summed E-state index contributed by atoms with van der Waals surface area (Å²) in [7, 11) is 0. The molecule has 0 bridgehead atoms. The first kappa shape index (κ1) is 21.4. The van der Waals surface area contributed by atoms with Crippen LogP contribution in [0.2, 0.25) is 0 Å². The van der Waals surface area contributed by atoms with E-state index in [0.29, 0.717) is 42.0 Å². The standard InChI is InChI=1S/C17H17F3N4O3S2/c1-10-13(28-16(21-10)24-6-8-27-9-7-24)15(26)23-22-14(25)11-2-4-12(5-3-11)29-17(18,19)20/h2-5H,6-9H2,1H3,(H,22,25)(H,23,26). The SMILES string of the molecule is Cc1nc(N2CCOCC2)sc1C(=O)NNC(=O)c1ccc(SC(F)(F)F)cc1. The number of aromatic nitrogens is 1. The van der Waals surface area contributed by atoms with E-state index in [1.54, 1.807) is 6.92 Å². The monoisotopic (exact) mass is 446 g/mol. The number of morpholine rings is 1. The Labute approximate surface area is 172 Å². The summed E-state index contributed by atoms with van der Waals surface area (Å²) in [5.74, 6) is -1.16. The number of aryl methyl sites for hydroxylation is 1. The molecule has 0 radical (unpaired) electrons. The average molecular weight is 446 g/mol. The minimum Gasteiger partial charge on any atom is -0.378 e. The van der Waals surface area contributed by atoms with Crippen molar-refractivity contribution >= 4 is 40.0 Å². The minimum absolute atomic E-state index is 0.0333. The summed E-state index contributed by atoms with van der Waals surface area (Å²) in [5.41, 5.74) is 0.827. The van der Waals surface area contributed by atoms with Crippen molar-refractivity contribution in [2.24, 2.45) is 0 Å². The zero-order chi connectivity index (χ0) is 21.0. The Hall–Kier alpha value is -2.31. The van der Waals surface area contributed by atoms with Crippen molar-refractivity contribution in [3.8, 4) is 0 Å². The molecule has 1 saturated heterocycles. The van der Waals surface area contributed by atoms with Crippen LogP contribution in [0, 0.1) is 6.92 Å². The molecule has 1 aromatic heterocycles. The van der Waals surface area contributed by atoms with Crippen LogP contribution in [0.1, 0.15) is 25.7 Å². The topological polar surface area (TPSA) is 83.6 Å². The minimum atomic E-state index is -4.40. The number of benzene rings is 1. The van der Waals surface area contributed by atoms with Gasteiger partial charge in [-0.2, -0.15) is 13.2 Å². The molecule has 2 N–H and O–H groups in total. The lowest BCUT2D eigenvalue weighted by atomic mass is 10.2. The quantitative estimate of drug-likeness (QED) is 0.555. The number of hydrogen-bond acceptors (Lipinski definition) is 7. The van der Waals surface area contributed by atoms with Crippen LogP contribution in [0.3, 0.4) is 0 Å². The van der Waals surface area contributed by atoms with Gasteiger partial charge in [0.05, 0.1) is 18.9 Å². The number of ether oxygens (including phenoxy) is 1. The number of amides is 2. The molecule has 0 saturated carbocycles. The molecule has 156 valence electrons. The summed E-state index contributed by atoms with van der Waals surface area (Å²) in [6.07, 6.45) is 0. The molecule has 7 nitrogen and oxygen atoms in total. The highest BCUT2D eigenvalue weighted by molar-refractivity contribution is 8.00. The van der Waals surface area contributed by atoms with Crippen LogP contribution in [0.25, 0.3) is 0 Å². The first-order chi connectivity index (χ1) is 13.7. The molecule has 2 heterocycles. The molecule has 1 aromatic carbocycles. The van der Waals surface area contributed by atoms with E-state index in [-0.39, 0.29) is 22.2 Å². The summed E-state index contributed by atoms with van der Waals surface area (Å²) in [5, 5.41) is 0.708. The Balaban J connectivity index is 1.57. The third-order valence-electron chi connectivity index (χ3n) is 3.91. The highest BCUT2D eigenvalue weighted by Gasteiger charge is 2.29. The van der Waals surface area contributed by atoms with E-state index in [1.807, 2.05) is 4.90 Å². The number of thioether (sulfide) groups is 1. The lowest BCUT2D eigenvalue weighted by molar-refractivity contribution is -0.0328. The molecule has 29 heavy (non-hydrogen) atoms. The van der Waals surface area contributed by atoms with Gasteiger partial charge >= 0.3 is 5.51 Å². The second-order valence-electron chi connectivity index (χ2n) is 5.99. The maximum Gasteiger partial charge on any atom is 0.446 e. The fourth-order valence-corrected chi connectivity index (χ4v) is 4.09. The van der Waals surface area contributed by atoms with E-state index < -0.39 is 17.3 Å². The van der Waals surface area contributed by atoms with E-state index >= 15 is 0 Å². The van der Waals surface area contributed by atoms with Crippen molar-refractivity contribution in [2.75, 3.05) is 31.2 Å². The third-order valence-corrected chi connectivity index (χ3v) is 5.87. The summed E-state index contributed by atoms with van der Waals surface area (Å²) in [6, 6.07) is 4.89. The highest BCUT2D eigenvalue weighted by atomic mass is 32.2. The van der Waals surface area contributed by atoms with E-state index in [0.717, 1.165) is 0 Å². The molecule has 12 heteroatoms. The number of rotatable bonds is 4. The van der Waals surface area contributed by atoms with Gasteiger partial charge in [0.1, 0.15) is 4.88 Å². The van der Waals surface area contributed by atoms with Gasteiger partial charge in [0.15, 0.2) is 5.13 Å². The maximum absolute atomic E-state index is 12.4. The van der Waals surface area contributed by atoms with E-state index in [1.165, 1.54) is 35.6 Å². The largest absolute Gasteiger partial charge is 0.446 e. The number of hydrazine groups is 1. The van der Waals surface area contributed by atoms with Crippen molar-refractivity contribution in [2.45, 2.75) is 17.3 Å². The molecular weight excluding hydrogens is 429 g/mol. The summed E-state index contributed by atoms with van der Waals surface area (Å²) in [4.78, 5) is 31.3. The van der Waals surface area contributed by atoms with Crippen LogP contribution < -0.4 is 15.8 Å². The number of anilines is 1. The Kier molecular flexibility index (Phi) is 6.65. The van der Waals surface area contributed by atoms with E-state index in [9.17, 15) is 22.8 Å². The number of halogens is 3. The summed E-state index contributed by atoms with van der Waals surface area (Å²) < 4.78 is 42.3. The van der Waals surface area contributed by atoms with Crippen LogP contribution in [-0.4, -0.2) is 48.6 Å². The normalized spacial score (nSPS) is 14.6. The van der Waals surface area contributed by atoms with Gasteiger partial charge in [-0.05, 0) is 43.0 Å². The number of hydrogen-bond donors (Lipinski definition) is 2. The first-order valence-corrected chi connectivity index (χ1v) is 10.1. The van der Waals surface area contributed by atoms with Crippen LogP contribution in [0.4, 0.5) is 18.3 Å². The van der Waals surface area contributed by atoms with Gasteiger partial charge in [-0.1, -0.05) is 11.3 Å². The van der Waals surface area contributed by atoms with Crippen molar-refractivity contribution in [3.63, 3.8) is 0 Å². The fraction of sp³-hybridized carbons (Fsp3) is 0.353. The van der Waals surface area contributed by atoms with Crippen molar-refractivity contribution in [3.05, 3.63) is 40.4 Å². The zero-order valence-corrected chi connectivity index (χ0v) is 16.8. The number of thiazole rings is 1. The number of nitrogens with zero attached hydrogens (tertiary/aromatic N) is 2. The van der Waals surface area contributed by atoms with E-state index in [2.05, 4.69) is 15.8 Å². The van der Waals surface area contributed by atoms with E-state index in [4.69, 9.17) is 4.74 Å². The Morgan fingerprint density at radius 1 is 1.14 bits per heavy atom. The van der Waals surface area contributed by atoms with Gasteiger partial charge in [-0.15, -0.1) is 0 Å². The molecule has 0 aliphatic carbocycles. The molecule has 0 spiro atoms. The highest BCUT2D eigenvalue weighted by Crippen LogP contribution is 2.36. The predicted molar refractivity (Wildman–Crippen MR) is 103 cm³/mol. The Morgan fingerprint density at radius 2 is 1.76 bits per heavy atom. The molecule has 1 aliphatic heterocycles. The van der Waals surface area contributed by atoms with Crippen LogP contribution in [0.15, 0.2) is 29.2 Å². The second-order valence-corrected chi connectivity index (χ2v) is 8.11. The number of alkyl halides is 3. The molecule has 2 aromatic rings. The number of nitrogens with one attached hydrogen (secondary N) is 2. The second kappa shape index (κ2) is 9.01. The molecule has 3 rings (SSSR count). The molecule has 1 aliphatic rings. The molecule has 1 fully saturated rings. The van der Waals surface area contributed by atoms with Gasteiger partial charge in [0.2, 0.25) is 0 Å². The fourth-order valence-electron chi connectivity index (χ4n) is 2.53. The van der Waals surface area contributed by atoms with Gasteiger partial charge < -0.3 is 9.64 Å². The van der Waals surface area contributed by atoms with Crippen LogP contribution >= 0.6 is 23.1 Å². The van der Waals surface area contributed by atoms with Crippen LogP contribution in [0.5, 0.6) is 0 Å².